The van der Waals surface area contributed by atoms with Crippen LogP contribution in [-0.2, 0) is 4.74 Å². The number of hydrogen-bond donors (Lipinski definition) is 4. The van der Waals surface area contributed by atoms with Crippen LogP contribution >= 0.6 is 12.6 Å². The van der Waals surface area contributed by atoms with Gasteiger partial charge in [0.05, 0.1) is 30.1 Å². The number of aliphatic hydroxyl groups is 1. The van der Waals surface area contributed by atoms with Crippen molar-refractivity contribution >= 4 is 29.8 Å². The van der Waals surface area contributed by atoms with E-state index in [2.05, 4.69) is 20.5 Å². The molecule has 8 heteroatoms. The summed E-state index contributed by atoms with van der Waals surface area (Å²) in [5.74, 6) is 0.444. The number of rotatable bonds is 7. The molecule has 2 heterocycles. The summed E-state index contributed by atoms with van der Waals surface area (Å²) in [6.45, 7) is 3.14. The zero-order valence-electron chi connectivity index (χ0n) is 18.5. The standard InChI is InChI=1S/C24H31FN4O2S/c1-24(32)28-22(16-7-9-18(25)10-8-16)23(29(24)13-14-31-2)17-11-12-26-21(15-17)27-19-5-3-4-6-20(19)30/h7-12,15,19-20,28,30,32H,3-6,13-14H2,1-2H3,(H,26,27). The van der Waals surface area contributed by atoms with Crippen LogP contribution in [-0.4, -0.2) is 52.4 Å². The van der Waals surface area contributed by atoms with Gasteiger partial charge in [-0.05, 0) is 56.2 Å². The number of aliphatic hydroxyl groups excluding tert-OH is 1. The lowest BCUT2D eigenvalue weighted by Crippen LogP contribution is -2.46. The number of aromatic nitrogens is 1. The zero-order valence-corrected chi connectivity index (χ0v) is 19.4. The maximum absolute atomic E-state index is 13.6. The fraction of sp³-hybridized carbons (Fsp3) is 0.458. The summed E-state index contributed by atoms with van der Waals surface area (Å²) in [4.78, 5) is 5.98. The fourth-order valence-corrected chi connectivity index (χ4v) is 4.79. The van der Waals surface area contributed by atoms with Gasteiger partial charge in [-0.2, -0.15) is 0 Å². The number of nitrogens with one attached hydrogen (secondary N) is 2. The highest BCUT2D eigenvalue weighted by atomic mass is 32.1. The van der Waals surface area contributed by atoms with Crippen molar-refractivity contribution < 1.29 is 14.2 Å². The van der Waals surface area contributed by atoms with E-state index in [1.165, 1.54) is 12.1 Å². The second kappa shape index (κ2) is 9.68. The summed E-state index contributed by atoms with van der Waals surface area (Å²) in [6.07, 6.45) is 5.29. The van der Waals surface area contributed by atoms with Crippen LogP contribution in [0.1, 0.15) is 43.7 Å². The normalized spacial score (nSPS) is 25.7. The highest BCUT2D eigenvalue weighted by molar-refractivity contribution is 7.81. The van der Waals surface area contributed by atoms with E-state index in [1.807, 2.05) is 19.1 Å². The molecule has 0 spiro atoms. The van der Waals surface area contributed by atoms with E-state index in [4.69, 9.17) is 17.4 Å². The summed E-state index contributed by atoms with van der Waals surface area (Å²) in [6, 6.07) is 10.4. The van der Waals surface area contributed by atoms with Crippen LogP contribution in [0.15, 0.2) is 42.6 Å². The molecule has 172 valence electrons. The molecule has 2 aliphatic rings. The summed E-state index contributed by atoms with van der Waals surface area (Å²) >= 11 is 4.88. The average Bonchev–Trinajstić information content (AvgIpc) is 3.05. The molecule has 0 radical (unpaired) electrons. The second-order valence-corrected chi connectivity index (χ2v) is 9.42. The van der Waals surface area contributed by atoms with Crippen molar-refractivity contribution in [1.82, 2.24) is 15.2 Å². The molecular weight excluding hydrogens is 427 g/mol. The average molecular weight is 459 g/mol. The summed E-state index contributed by atoms with van der Waals surface area (Å²) in [7, 11) is 1.67. The number of ether oxygens (including phenoxy) is 1. The quantitative estimate of drug-likeness (QED) is 0.472. The second-order valence-electron chi connectivity index (χ2n) is 8.55. The first-order chi connectivity index (χ1) is 15.4. The Labute approximate surface area is 194 Å². The Morgan fingerprint density at radius 1 is 1.25 bits per heavy atom. The monoisotopic (exact) mass is 458 g/mol. The Balaban J connectivity index is 1.73. The number of thiol groups is 1. The van der Waals surface area contributed by atoms with Crippen LogP contribution in [0.2, 0.25) is 0 Å². The number of hydrogen-bond acceptors (Lipinski definition) is 7. The molecule has 1 aliphatic heterocycles. The van der Waals surface area contributed by atoms with Gasteiger partial charge < -0.3 is 25.4 Å². The van der Waals surface area contributed by atoms with Crippen molar-refractivity contribution in [3.63, 3.8) is 0 Å². The molecule has 1 saturated carbocycles. The third kappa shape index (κ3) is 4.87. The van der Waals surface area contributed by atoms with Crippen LogP contribution in [0.4, 0.5) is 10.2 Å². The Hall–Kier alpha value is -2.29. The van der Waals surface area contributed by atoms with E-state index in [9.17, 15) is 9.50 Å². The first-order valence-corrected chi connectivity index (χ1v) is 11.5. The lowest BCUT2D eigenvalue weighted by Gasteiger charge is -2.34. The smallest absolute Gasteiger partial charge is 0.153 e. The summed E-state index contributed by atoms with van der Waals surface area (Å²) < 4.78 is 18.9. The number of anilines is 1. The van der Waals surface area contributed by atoms with Gasteiger partial charge in [0, 0.05) is 31.0 Å². The SMILES string of the molecule is COCCN1C(c2ccnc(NC3CCCCC3O)c2)=C(c2ccc(F)cc2)NC1(C)S. The molecule has 0 bridgehead atoms. The lowest BCUT2D eigenvalue weighted by atomic mass is 9.92. The third-order valence-corrected chi connectivity index (χ3v) is 6.50. The molecule has 4 rings (SSSR count). The fourth-order valence-electron chi connectivity index (χ4n) is 4.48. The van der Waals surface area contributed by atoms with Crippen molar-refractivity contribution in [1.29, 1.82) is 0 Å². The molecule has 6 nitrogen and oxygen atoms in total. The van der Waals surface area contributed by atoms with Crippen molar-refractivity contribution in [3.05, 3.63) is 59.5 Å². The maximum Gasteiger partial charge on any atom is 0.153 e. The number of pyridine rings is 1. The maximum atomic E-state index is 13.6. The molecule has 1 aliphatic carbocycles. The van der Waals surface area contributed by atoms with E-state index in [0.29, 0.717) is 13.2 Å². The van der Waals surface area contributed by atoms with Crippen LogP contribution in [0, 0.1) is 5.82 Å². The number of nitrogens with zero attached hydrogens (tertiary/aromatic N) is 2. The highest BCUT2D eigenvalue weighted by Gasteiger charge is 2.39. The molecule has 1 fully saturated rings. The van der Waals surface area contributed by atoms with Crippen molar-refractivity contribution in [2.75, 3.05) is 25.6 Å². The van der Waals surface area contributed by atoms with E-state index in [1.54, 1.807) is 25.4 Å². The molecule has 32 heavy (non-hydrogen) atoms. The minimum atomic E-state index is -0.659. The van der Waals surface area contributed by atoms with Gasteiger partial charge in [0.2, 0.25) is 0 Å². The lowest BCUT2D eigenvalue weighted by molar-refractivity contribution is 0.116. The molecule has 3 atom stereocenters. The molecule has 3 N–H and O–H groups in total. The zero-order chi connectivity index (χ0) is 22.7. The predicted octanol–water partition coefficient (Wildman–Crippen LogP) is 3.92. The van der Waals surface area contributed by atoms with Gasteiger partial charge in [-0.3, -0.25) is 0 Å². The highest BCUT2D eigenvalue weighted by Crippen LogP contribution is 2.41. The minimum absolute atomic E-state index is 0.00140. The molecule has 1 aromatic carbocycles. The molecule has 2 aromatic rings. The molecule has 0 saturated heterocycles. The summed E-state index contributed by atoms with van der Waals surface area (Å²) in [5, 5.41) is 17.3. The number of halogens is 1. The van der Waals surface area contributed by atoms with Crippen LogP contribution in [0.3, 0.4) is 0 Å². The van der Waals surface area contributed by atoms with E-state index >= 15 is 0 Å². The first kappa shape index (κ1) is 22.9. The molecule has 0 amide bonds. The van der Waals surface area contributed by atoms with Crippen molar-refractivity contribution in [2.45, 2.75) is 49.7 Å². The Morgan fingerprint density at radius 3 is 2.72 bits per heavy atom. The topological polar surface area (TPSA) is 69.7 Å². The van der Waals surface area contributed by atoms with Crippen LogP contribution < -0.4 is 10.6 Å². The van der Waals surface area contributed by atoms with Gasteiger partial charge in [0.15, 0.2) is 4.99 Å². The number of methoxy groups -OCH3 is 1. The largest absolute Gasteiger partial charge is 0.391 e. The van der Waals surface area contributed by atoms with Crippen LogP contribution in [0.5, 0.6) is 0 Å². The van der Waals surface area contributed by atoms with Crippen LogP contribution in [0.25, 0.3) is 11.4 Å². The molecular formula is C24H31FN4O2S. The number of benzene rings is 1. The third-order valence-electron chi connectivity index (χ3n) is 6.14. The van der Waals surface area contributed by atoms with Gasteiger partial charge in [0.25, 0.3) is 0 Å². The van der Waals surface area contributed by atoms with E-state index in [-0.39, 0.29) is 18.0 Å². The Morgan fingerprint density at radius 2 is 2.00 bits per heavy atom. The molecule has 1 aromatic heterocycles. The van der Waals surface area contributed by atoms with Gasteiger partial charge in [-0.1, -0.05) is 12.8 Å². The molecule has 3 unspecified atom stereocenters. The Bertz CT molecular complexity index is 967. The van der Waals surface area contributed by atoms with Gasteiger partial charge in [-0.15, -0.1) is 12.6 Å². The van der Waals surface area contributed by atoms with Crippen molar-refractivity contribution in [3.8, 4) is 0 Å². The first-order valence-electron chi connectivity index (χ1n) is 11.1. The van der Waals surface area contributed by atoms with E-state index < -0.39 is 4.99 Å². The predicted molar refractivity (Wildman–Crippen MR) is 128 cm³/mol. The van der Waals surface area contributed by atoms with Gasteiger partial charge in [0.1, 0.15) is 11.6 Å². The van der Waals surface area contributed by atoms with Crippen molar-refractivity contribution in [2.24, 2.45) is 0 Å². The van der Waals surface area contributed by atoms with Gasteiger partial charge in [-0.25, -0.2) is 9.37 Å². The minimum Gasteiger partial charge on any atom is -0.391 e. The summed E-state index contributed by atoms with van der Waals surface area (Å²) in [5.41, 5.74) is 3.64. The Kier molecular flexibility index (Phi) is 6.93. The van der Waals surface area contributed by atoms with Gasteiger partial charge >= 0.3 is 0 Å². The van der Waals surface area contributed by atoms with E-state index in [0.717, 1.165) is 54.0 Å².